The van der Waals surface area contributed by atoms with E-state index < -0.39 is 0 Å². The maximum atomic E-state index is 9.10. The summed E-state index contributed by atoms with van der Waals surface area (Å²) in [6.07, 6.45) is 1.82. The van der Waals surface area contributed by atoms with E-state index in [0.29, 0.717) is 5.56 Å². The number of rotatable bonds is 3. The molecule has 0 atom stereocenters. The first kappa shape index (κ1) is 23.1. The largest absolute Gasteiger partial charge is 0.456 e. The van der Waals surface area contributed by atoms with E-state index in [4.69, 9.17) is 14.7 Å². The highest BCUT2D eigenvalue weighted by atomic mass is 16.3. The van der Waals surface area contributed by atoms with Gasteiger partial charge in [-0.2, -0.15) is 5.26 Å². The summed E-state index contributed by atoms with van der Waals surface area (Å²) in [4.78, 5) is 9.68. The quantitative estimate of drug-likeness (QED) is 0.216. The van der Waals surface area contributed by atoms with Crippen molar-refractivity contribution in [2.24, 2.45) is 0 Å². The molecule has 190 valence electrons. The molecule has 0 saturated carbocycles. The van der Waals surface area contributed by atoms with Crippen molar-refractivity contribution in [3.63, 3.8) is 0 Å². The molecule has 0 aliphatic heterocycles. The van der Waals surface area contributed by atoms with Crippen LogP contribution in [0.1, 0.15) is 5.56 Å². The molecule has 8 aromatic rings. The number of furan rings is 1. The molecule has 0 unspecified atom stereocenters. The van der Waals surface area contributed by atoms with Crippen molar-refractivity contribution in [1.29, 1.82) is 5.26 Å². The van der Waals surface area contributed by atoms with Gasteiger partial charge in [0.15, 0.2) is 0 Å². The molecular weight excluding hydrogens is 502 g/mol. The van der Waals surface area contributed by atoms with Gasteiger partial charge in [-0.05, 0) is 70.8 Å². The number of hydrogen-bond donors (Lipinski definition) is 0. The number of benzene rings is 5. The third-order valence-electron chi connectivity index (χ3n) is 7.77. The molecule has 3 heterocycles. The molecule has 0 N–H and O–H groups in total. The summed E-state index contributed by atoms with van der Waals surface area (Å²) in [5.41, 5.74) is 10.5. The molecule has 8 rings (SSSR count). The summed E-state index contributed by atoms with van der Waals surface area (Å²) in [6, 6.07) is 43.3. The highest BCUT2D eigenvalue weighted by Gasteiger charge is 2.15. The Kier molecular flexibility index (Phi) is 5.16. The Morgan fingerprint density at radius 1 is 0.585 bits per heavy atom. The number of fused-ring (bicyclic) bond motifs is 6. The second kappa shape index (κ2) is 9.15. The van der Waals surface area contributed by atoms with Gasteiger partial charge in [-0.25, -0.2) is 4.98 Å². The van der Waals surface area contributed by atoms with Crippen molar-refractivity contribution in [2.45, 2.75) is 0 Å². The van der Waals surface area contributed by atoms with Gasteiger partial charge < -0.3 is 4.42 Å². The number of nitrogens with zero attached hydrogens (tertiary/aromatic N) is 3. The standard InChI is InChI=1S/C37H21N3O/c38-22-23-6-8-24(9-7-23)25-10-12-26(13-11-25)30-4-1-5-34-35(30)31-21-29(17-19-33(31)41-34)32-18-16-28-15-14-27-3-2-20-39-36(27)37(28)40-32/h1-21H. The van der Waals surface area contributed by atoms with Crippen LogP contribution >= 0.6 is 0 Å². The molecule has 0 saturated heterocycles. The lowest BCUT2D eigenvalue weighted by molar-refractivity contribution is 0.669. The van der Waals surface area contributed by atoms with Crippen LogP contribution in [0.25, 0.3) is 77.3 Å². The van der Waals surface area contributed by atoms with E-state index in [-0.39, 0.29) is 0 Å². The van der Waals surface area contributed by atoms with Crippen LogP contribution in [0.15, 0.2) is 132 Å². The van der Waals surface area contributed by atoms with Gasteiger partial charge in [0, 0.05) is 33.3 Å². The summed E-state index contributed by atoms with van der Waals surface area (Å²) < 4.78 is 6.29. The third kappa shape index (κ3) is 3.83. The maximum Gasteiger partial charge on any atom is 0.136 e. The second-order valence-corrected chi connectivity index (χ2v) is 10.2. The smallest absolute Gasteiger partial charge is 0.136 e. The Bertz CT molecular complexity index is 2310. The number of pyridine rings is 2. The van der Waals surface area contributed by atoms with Crippen molar-refractivity contribution < 1.29 is 4.42 Å². The van der Waals surface area contributed by atoms with Gasteiger partial charge >= 0.3 is 0 Å². The Morgan fingerprint density at radius 3 is 2.10 bits per heavy atom. The highest BCUT2D eigenvalue weighted by Crippen LogP contribution is 2.39. The second-order valence-electron chi connectivity index (χ2n) is 10.2. The summed E-state index contributed by atoms with van der Waals surface area (Å²) in [7, 11) is 0. The molecule has 0 fully saturated rings. The van der Waals surface area contributed by atoms with Crippen LogP contribution in [0.5, 0.6) is 0 Å². The molecule has 4 nitrogen and oxygen atoms in total. The highest BCUT2D eigenvalue weighted by molar-refractivity contribution is 6.13. The molecular formula is C37H21N3O. The van der Waals surface area contributed by atoms with Crippen LogP contribution in [0.4, 0.5) is 0 Å². The van der Waals surface area contributed by atoms with Crippen molar-refractivity contribution in [3.8, 4) is 39.6 Å². The van der Waals surface area contributed by atoms with Crippen LogP contribution < -0.4 is 0 Å². The van der Waals surface area contributed by atoms with Gasteiger partial charge in [0.25, 0.3) is 0 Å². The van der Waals surface area contributed by atoms with Crippen LogP contribution in [0.2, 0.25) is 0 Å². The van der Waals surface area contributed by atoms with Crippen molar-refractivity contribution in [3.05, 3.63) is 133 Å². The molecule has 0 radical (unpaired) electrons. The minimum Gasteiger partial charge on any atom is -0.456 e. The van der Waals surface area contributed by atoms with Crippen LogP contribution in [0.3, 0.4) is 0 Å². The SMILES string of the molecule is N#Cc1ccc(-c2ccc(-c3cccc4oc5ccc(-c6ccc7ccc8cccnc8c7n6)cc5c34)cc2)cc1. The van der Waals surface area contributed by atoms with Crippen molar-refractivity contribution >= 4 is 43.7 Å². The predicted octanol–water partition coefficient (Wildman–Crippen LogP) is 9.56. The normalized spacial score (nSPS) is 11.4. The van der Waals surface area contributed by atoms with E-state index >= 15 is 0 Å². The average molecular weight is 524 g/mol. The molecule has 0 aliphatic rings. The summed E-state index contributed by atoms with van der Waals surface area (Å²) >= 11 is 0. The Morgan fingerprint density at radius 2 is 1.29 bits per heavy atom. The van der Waals surface area contributed by atoms with E-state index in [2.05, 4.69) is 83.8 Å². The zero-order valence-electron chi connectivity index (χ0n) is 21.9. The van der Waals surface area contributed by atoms with Crippen molar-refractivity contribution in [1.82, 2.24) is 9.97 Å². The minimum absolute atomic E-state index is 0.659. The lowest BCUT2D eigenvalue weighted by Crippen LogP contribution is -1.88. The maximum absolute atomic E-state index is 9.10. The zero-order chi connectivity index (χ0) is 27.3. The third-order valence-corrected chi connectivity index (χ3v) is 7.77. The van der Waals surface area contributed by atoms with Gasteiger partial charge in [0.05, 0.1) is 28.4 Å². The van der Waals surface area contributed by atoms with E-state index in [0.717, 1.165) is 77.3 Å². The van der Waals surface area contributed by atoms with E-state index in [1.165, 1.54) is 0 Å². The molecule has 0 spiro atoms. The van der Waals surface area contributed by atoms with Crippen LogP contribution in [-0.4, -0.2) is 9.97 Å². The zero-order valence-corrected chi connectivity index (χ0v) is 21.9. The Labute approximate surface area is 235 Å². The monoisotopic (exact) mass is 523 g/mol. The van der Waals surface area contributed by atoms with E-state index in [1.54, 1.807) is 0 Å². The van der Waals surface area contributed by atoms with Crippen LogP contribution in [-0.2, 0) is 0 Å². The van der Waals surface area contributed by atoms with Gasteiger partial charge in [0.1, 0.15) is 11.2 Å². The summed E-state index contributed by atoms with van der Waals surface area (Å²) in [5.74, 6) is 0. The minimum atomic E-state index is 0.659. The fraction of sp³-hybridized carbons (Fsp3) is 0. The topological polar surface area (TPSA) is 62.7 Å². The number of nitriles is 1. The fourth-order valence-electron chi connectivity index (χ4n) is 5.69. The van der Waals surface area contributed by atoms with Crippen molar-refractivity contribution in [2.75, 3.05) is 0 Å². The van der Waals surface area contributed by atoms with Crippen LogP contribution in [0, 0.1) is 11.3 Å². The molecule has 3 aromatic heterocycles. The molecule has 4 heteroatoms. The van der Waals surface area contributed by atoms with E-state index in [1.807, 2.05) is 54.7 Å². The molecule has 0 bridgehead atoms. The summed E-state index contributed by atoms with van der Waals surface area (Å²) in [6.45, 7) is 0. The lowest BCUT2D eigenvalue weighted by atomic mass is 9.96. The van der Waals surface area contributed by atoms with Gasteiger partial charge in [0.2, 0.25) is 0 Å². The van der Waals surface area contributed by atoms with Gasteiger partial charge in [-0.3, -0.25) is 4.98 Å². The number of hydrogen-bond acceptors (Lipinski definition) is 4. The number of aromatic nitrogens is 2. The lowest BCUT2D eigenvalue weighted by Gasteiger charge is -2.08. The first-order valence-electron chi connectivity index (χ1n) is 13.5. The fourth-order valence-corrected chi connectivity index (χ4v) is 5.69. The first-order chi connectivity index (χ1) is 20.2. The Balaban J connectivity index is 1.25. The predicted molar refractivity (Wildman–Crippen MR) is 165 cm³/mol. The van der Waals surface area contributed by atoms with Gasteiger partial charge in [-0.15, -0.1) is 0 Å². The molecule has 5 aromatic carbocycles. The van der Waals surface area contributed by atoms with Gasteiger partial charge in [-0.1, -0.05) is 72.8 Å². The average Bonchev–Trinajstić information content (AvgIpc) is 3.43. The molecule has 0 amide bonds. The summed E-state index contributed by atoms with van der Waals surface area (Å²) in [5, 5.41) is 13.4. The molecule has 0 aliphatic carbocycles. The Hall–Kier alpha value is -5.79. The van der Waals surface area contributed by atoms with E-state index in [9.17, 15) is 0 Å². The molecule has 41 heavy (non-hydrogen) atoms. The first-order valence-corrected chi connectivity index (χ1v) is 13.5.